The van der Waals surface area contributed by atoms with Crippen molar-refractivity contribution in [1.29, 1.82) is 0 Å². The van der Waals surface area contributed by atoms with Crippen LogP contribution in [0.1, 0.15) is 90.9 Å². The fraction of sp³-hybridized carbons (Fsp3) is 0.667. The van der Waals surface area contributed by atoms with Gasteiger partial charge in [-0.15, -0.1) is 0 Å². The highest BCUT2D eigenvalue weighted by Gasteiger charge is 2.20. The number of hydrogen-bond acceptors (Lipinski definition) is 2. The maximum Gasteiger partial charge on any atom is 0.119 e. The topological polar surface area (TPSA) is 18.5 Å². The lowest BCUT2D eigenvalue weighted by atomic mass is 9.81. The highest BCUT2D eigenvalue weighted by atomic mass is 16.5. The summed E-state index contributed by atoms with van der Waals surface area (Å²) < 4.78 is 11.8. The van der Waals surface area contributed by atoms with Crippen molar-refractivity contribution in [3.05, 3.63) is 36.4 Å². The molecular formula is C30H44O2. The molecule has 0 aromatic heterocycles. The van der Waals surface area contributed by atoms with E-state index in [0.29, 0.717) is 11.8 Å². The SMILES string of the molecule is CCCCCOc1ccc(OCC2CCC(C#CC=CC3CCC(CC)CC3)CC2)cc1. The minimum atomic E-state index is 0.566. The Morgan fingerprint density at radius 1 is 0.812 bits per heavy atom. The molecule has 0 radical (unpaired) electrons. The molecule has 2 aliphatic carbocycles. The van der Waals surface area contributed by atoms with E-state index >= 15 is 0 Å². The van der Waals surface area contributed by atoms with Crippen molar-refractivity contribution >= 4 is 0 Å². The Labute approximate surface area is 197 Å². The lowest BCUT2D eigenvalue weighted by molar-refractivity contribution is 0.196. The molecule has 3 rings (SSSR count). The predicted molar refractivity (Wildman–Crippen MR) is 135 cm³/mol. The van der Waals surface area contributed by atoms with Crippen LogP contribution in [0.3, 0.4) is 0 Å². The first-order valence-corrected chi connectivity index (χ1v) is 13.3. The summed E-state index contributed by atoms with van der Waals surface area (Å²) in [6.07, 6.45) is 19.8. The molecule has 0 spiro atoms. The summed E-state index contributed by atoms with van der Waals surface area (Å²) in [7, 11) is 0. The Hall–Kier alpha value is -1.88. The molecule has 0 saturated heterocycles. The zero-order valence-corrected chi connectivity index (χ0v) is 20.5. The van der Waals surface area contributed by atoms with Crippen LogP contribution in [-0.4, -0.2) is 13.2 Å². The molecule has 2 nitrogen and oxygen atoms in total. The average molecular weight is 437 g/mol. The average Bonchev–Trinajstić information content (AvgIpc) is 2.85. The van der Waals surface area contributed by atoms with Crippen LogP contribution in [0.15, 0.2) is 36.4 Å². The van der Waals surface area contributed by atoms with Crippen LogP contribution in [0.25, 0.3) is 0 Å². The highest BCUT2D eigenvalue weighted by Crippen LogP contribution is 2.31. The molecule has 0 bridgehead atoms. The second-order valence-electron chi connectivity index (χ2n) is 9.89. The normalized spacial score (nSPS) is 25.8. The highest BCUT2D eigenvalue weighted by molar-refractivity contribution is 5.31. The van der Waals surface area contributed by atoms with Crippen molar-refractivity contribution in [2.75, 3.05) is 13.2 Å². The molecule has 176 valence electrons. The van der Waals surface area contributed by atoms with Gasteiger partial charge in [0.05, 0.1) is 13.2 Å². The van der Waals surface area contributed by atoms with E-state index in [2.05, 4.69) is 37.8 Å². The van der Waals surface area contributed by atoms with Crippen LogP contribution in [0.5, 0.6) is 11.5 Å². The maximum atomic E-state index is 6.06. The molecule has 0 unspecified atom stereocenters. The first kappa shape index (κ1) is 24.8. The van der Waals surface area contributed by atoms with E-state index in [0.717, 1.165) is 43.0 Å². The first-order chi connectivity index (χ1) is 15.8. The summed E-state index contributed by atoms with van der Waals surface area (Å²) in [5.41, 5.74) is 0. The molecule has 1 aromatic carbocycles. The minimum Gasteiger partial charge on any atom is -0.494 e. The number of unbranched alkanes of at least 4 members (excludes halogenated alkanes) is 2. The van der Waals surface area contributed by atoms with Gasteiger partial charge in [0.15, 0.2) is 0 Å². The van der Waals surface area contributed by atoms with Crippen LogP contribution < -0.4 is 9.47 Å². The summed E-state index contributed by atoms with van der Waals surface area (Å²) in [6.45, 7) is 6.16. The fourth-order valence-electron chi connectivity index (χ4n) is 5.00. The molecule has 2 fully saturated rings. The number of allylic oxidation sites excluding steroid dienone is 2. The molecule has 0 aliphatic heterocycles. The van der Waals surface area contributed by atoms with Gasteiger partial charge in [-0.1, -0.05) is 51.0 Å². The monoisotopic (exact) mass is 436 g/mol. The zero-order chi connectivity index (χ0) is 22.4. The van der Waals surface area contributed by atoms with Gasteiger partial charge < -0.3 is 9.47 Å². The molecule has 1 aromatic rings. The molecule has 0 amide bonds. The molecule has 32 heavy (non-hydrogen) atoms. The van der Waals surface area contributed by atoms with Gasteiger partial charge >= 0.3 is 0 Å². The number of ether oxygens (including phenoxy) is 2. The Morgan fingerprint density at radius 3 is 2.12 bits per heavy atom. The van der Waals surface area contributed by atoms with Crippen LogP contribution in [0, 0.1) is 35.5 Å². The third-order valence-corrected chi connectivity index (χ3v) is 7.38. The smallest absolute Gasteiger partial charge is 0.119 e. The largest absolute Gasteiger partial charge is 0.494 e. The lowest BCUT2D eigenvalue weighted by Gasteiger charge is -2.25. The van der Waals surface area contributed by atoms with Gasteiger partial charge in [0.1, 0.15) is 11.5 Å². The summed E-state index contributed by atoms with van der Waals surface area (Å²) in [4.78, 5) is 0. The second kappa shape index (κ2) is 14.3. The van der Waals surface area contributed by atoms with Crippen molar-refractivity contribution in [3.8, 4) is 23.3 Å². The Morgan fingerprint density at radius 2 is 1.47 bits per heavy atom. The molecule has 0 heterocycles. The van der Waals surface area contributed by atoms with Gasteiger partial charge in [-0.05, 0) is 106 Å². The van der Waals surface area contributed by atoms with Crippen molar-refractivity contribution < 1.29 is 9.47 Å². The van der Waals surface area contributed by atoms with E-state index in [1.54, 1.807) is 0 Å². The van der Waals surface area contributed by atoms with Crippen molar-refractivity contribution in [3.63, 3.8) is 0 Å². The van der Waals surface area contributed by atoms with Gasteiger partial charge in [0, 0.05) is 5.92 Å². The van der Waals surface area contributed by atoms with E-state index in [-0.39, 0.29) is 0 Å². The minimum absolute atomic E-state index is 0.566. The molecule has 0 atom stereocenters. The van der Waals surface area contributed by atoms with Gasteiger partial charge in [-0.25, -0.2) is 0 Å². The Kier molecular flexibility index (Phi) is 11.1. The van der Waals surface area contributed by atoms with Crippen molar-refractivity contribution in [2.45, 2.75) is 90.9 Å². The van der Waals surface area contributed by atoms with Crippen LogP contribution in [0.4, 0.5) is 0 Å². The van der Waals surface area contributed by atoms with Crippen molar-refractivity contribution in [2.24, 2.45) is 23.7 Å². The standard InChI is InChI=1S/C30H44O2/c1-3-5-8-23-31-29-19-21-30(22-20-29)32-24-28-17-15-27(16-18-28)10-7-6-9-26-13-11-25(4-2)12-14-26/h6,9,19-22,25-28H,3-5,8,11-18,23-24H2,1-2H3. The van der Waals surface area contributed by atoms with Gasteiger partial charge in [-0.2, -0.15) is 0 Å². The third kappa shape index (κ3) is 8.93. The van der Waals surface area contributed by atoms with Crippen molar-refractivity contribution in [1.82, 2.24) is 0 Å². The Bertz CT molecular complexity index is 707. The van der Waals surface area contributed by atoms with Gasteiger partial charge in [0.2, 0.25) is 0 Å². The molecule has 0 N–H and O–H groups in total. The van der Waals surface area contributed by atoms with E-state index in [9.17, 15) is 0 Å². The zero-order valence-electron chi connectivity index (χ0n) is 20.5. The van der Waals surface area contributed by atoms with Crippen LogP contribution in [0.2, 0.25) is 0 Å². The molecule has 2 saturated carbocycles. The quantitative estimate of drug-likeness (QED) is 0.272. The summed E-state index contributed by atoms with van der Waals surface area (Å²) in [6, 6.07) is 8.12. The summed E-state index contributed by atoms with van der Waals surface area (Å²) in [5, 5.41) is 0. The van der Waals surface area contributed by atoms with E-state index < -0.39 is 0 Å². The lowest BCUT2D eigenvalue weighted by Crippen LogP contribution is -2.19. The van der Waals surface area contributed by atoms with Crippen LogP contribution in [-0.2, 0) is 0 Å². The Balaban J connectivity index is 1.29. The van der Waals surface area contributed by atoms with Gasteiger partial charge in [0.25, 0.3) is 0 Å². The van der Waals surface area contributed by atoms with E-state index in [1.165, 1.54) is 70.6 Å². The second-order valence-corrected chi connectivity index (χ2v) is 9.89. The fourth-order valence-corrected chi connectivity index (χ4v) is 5.00. The maximum absolute atomic E-state index is 6.06. The first-order valence-electron chi connectivity index (χ1n) is 13.3. The van der Waals surface area contributed by atoms with E-state index in [4.69, 9.17) is 9.47 Å². The number of hydrogen-bond donors (Lipinski definition) is 0. The predicted octanol–water partition coefficient (Wildman–Crippen LogP) is 8.22. The third-order valence-electron chi connectivity index (χ3n) is 7.38. The van der Waals surface area contributed by atoms with Gasteiger partial charge in [-0.3, -0.25) is 0 Å². The van der Waals surface area contributed by atoms with Crippen LogP contribution >= 0.6 is 0 Å². The van der Waals surface area contributed by atoms with E-state index in [1.807, 2.05) is 24.3 Å². The number of benzene rings is 1. The molecule has 2 aliphatic rings. The molecular weight excluding hydrogens is 392 g/mol. The number of rotatable bonds is 10. The summed E-state index contributed by atoms with van der Waals surface area (Å²) >= 11 is 0. The molecule has 2 heteroatoms. The summed E-state index contributed by atoms with van der Waals surface area (Å²) in [5.74, 6) is 11.7.